The molecule has 12 N–H and O–H groups in total. The van der Waals surface area contributed by atoms with Gasteiger partial charge in [-0.25, -0.2) is 0 Å². The number of carbonyl (C=O) groups is 11. The van der Waals surface area contributed by atoms with Gasteiger partial charge in [-0.2, -0.15) is 0 Å². The molecule has 9 atom stereocenters. The van der Waals surface area contributed by atoms with Crippen molar-refractivity contribution in [3.05, 3.63) is 0 Å². The Labute approximate surface area is 449 Å². The van der Waals surface area contributed by atoms with Crippen LogP contribution in [0.3, 0.4) is 0 Å². The topological polar surface area (TPSA) is 352 Å². The first kappa shape index (κ1) is 68.1. The van der Waals surface area contributed by atoms with E-state index >= 15 is 0 Å². The zero-order chi connectivity index (χ0) is 58.8. The summed E-state index contributed by atoms with van der Waals surface area (Å²) in [5.74, 6) is -7.84. The molecule has 0 aromatic rings. The largest absolute Gasteiger partial charge is 0.394 e. The number of aliphatic hydroxyl groups excluding tert-OH is 2. The molecule has 0 aliphatic carbocycles. The Hall–Kier alpha value is -5.91. The van der Waals surface area contributed by atoms with Gasteiger partial charge in [-0.15, -0.1) is 0 Å². The summed E-state index contributed by atoms with van der Waals surface area (Å²) < 4.78 is 0. The molecule has 1 fully saturated rings. The number of carbonyl (C=O) groups excluding carboxylic acids is 11. The first-order chi connectivity index (χ1) is 34.9. The number of aliphatic hydroxyl groups is 2. The minimum absolute atomic E-state index is 0.0505. The van der Waals surface area contributed by atoms with Crippen LogP contribution in [0.15, 0.2) is 0 Å². The molecule has 1 heterocycles. The predicted octanol–water partition coefficient (Wildman–Crippen LogP) is -0.716. The van der Waals surface area contributed by atoms with Gasteiger partial charge in [0.2, 0.25) is 65.0 Å². The Kier molecular flexibility index (Phi) is 27.0. The fraction of sp³-hybridized carbons (Fsp3) is 0.788. The van der Waals surface area contributed by atoms with Gasteiger partial charge in [0.15, 0.2) is 0 Å². The Balaban J connectivity index is 3.11. The summed E-state index contributed by atoms with van der Waals surface area (Å²) in [4.78, 5) is 149. The van der Waals surface area contributed by atoms with E-state index in [9.17, 15) is 63.0 Å². The van der Waals surface area contributed by atoms with Gasteiger partial charge in [0.05, 0.1) is 25.3 Å². The summed E-state index contributed by atoms with van der Waals surface area (Å²) in [6.45, 7) is 26.5. The third kappa shape index (κ3) is 22.0. The van der Waals surface area contributed by atoms with Crippen molar-refractivity contribution in [3.63, 3.8) is 0 Å². The Morgan fingerprint density at radius 2 is 1.08 bits per heavy atom. The molecular weight excluding hydrogens is 987 g/mol. The number of rotatable bonds is 30. The predicted molar refractivity (Wildman–Crippen MR) is 284 cm³/mol. The highest BCUT2D eigenvalue weighted by molar-refractivity contribution is 6.00. The highest BCUT2D eigenvalue weighted by Crippen LogP contribution is 2.23. The molecule has 24 heteroatoms. The van der Waals surface area contributed by atoms with Gasteiger partial charge < -0.3 is 68.3 Å². The second-order valence-electron chi connectivity index (χ2n) is 23.1. The summed E-state index contributed by atoms with van der Waals surface area (Å²) in [7, 11) is 0. The molecule has 0 radical (unpaired) electrons. The molecule has 1 saturated heterocycles. The van der Waals surface area contributed by atoms with Gasteiger partial charge in [0, 0.05) is 13.5 Å². The van der Waals surface area contributed by atoms with Gasteiger partial charge in [-0.3, -0.25) is 52.7 Å². The third-order valence-electron chi connectivity index (χ3n) is 12.9. The molecule has 434 valence electrons. The Morgan fingerprint density at radius 1 is 0.579 bits per heavy atom. The molecule has 1 rings (SSSR count). The lowest BCUT2D eigenvalue weighted by molar-refractivity contribution is -0.146. The van der Waals surface area contributed by atoms with Crippen LogP contribution in [0.5, 0.6) is 0 Å². The molecular formula is C52H93N11O13. The maximum Gasteiger partial charge on any atom is 0.248 e. The fourth-order valence-corrected chi connectivity index (χ4v) is 8.38. The lowest BCUT2D eigenvalue weighted by atomic mass is 9.95. The second-order valence-corrected chi connectivity index (χ2v) is 23.1. The molecule has 0 aromatic heterocycles. The Bertz CT molecular complexity index is 2060. The molecule has 0 aromatic carbocycles. The number of hydrogen-bond acceptors (Lipinski definition) is 13. The van der Waals surface area contributed by atoms with Crippen molar-refractivity contribution in [2.24, 2.45) is 23.7 Å². The molecule has 0 bridgehead atoms. The molecule has 76 heavy (non-hydrogen) atoms. The SMILES string of the molecule is CCC(C)C(NC(=O)C(C)NC(=O)C(C)(C)NC(=O)C(CC(C)C)NC(C)=O)C(=O)NC(C)(C)C(=O)N1CCCC1C(=O)NC(CC(C)C)C(=O)NC(C)(C)C(=O)NCC(=O)NC(C(=O)NC(CO)CC(C)C)C(C)O. The highest BCUT2D eigenvalue weighted by Gasteiger charge is 2.44. The zero-order valence-corrected chi connectivity index (χ0v) is 48.1. The standard InChI is InChI=1S/C52H93N11O13/c1-18-30(8)39(59-41(68)31(9)54-48(75)51(14,15)61-42(69)35(23-28(4)5)55-33(11)66)46(73)62-52(16,17)49(76)63-21-19-20-37(63)44(71)57-36(24-29(6)7)43(70)60-50(12,13)47(74)53-25-38(67)58-40(32(10)65)45(72)56-34(26-64)22-27(2)3/h27-32,34-37,39-40,64-65H,18-26H2,1-17H3,(H,53,74)(H,54,75)(H,55,66)(H,56,72)(H,57,71)(H,58,67)(H,59,68)(H,60,70)(H,61,69)(H,62,73). The van der Waals surface area contributed by atoms with Crippen molar-refractivity contribution in [1.82, 2.24) is 58.1 Å². The number of nitrogens with one attached hydrogen (secondary N) is 10. The molecule has 11 amide bonds. The fourth-order valence-electron chi connectivity index (χ4n) is 8.38. The molecule has 0 spiro atoms. The Morgan fingerprint density at radius 3 is 1.55 bits per heavy atom. The summed E-state index contributed by atoms with van der Waals surface area (Å²) in [5.41, 5.74) is -4.77. The molecule has 1 aliphatic heterocycles. The van der Waals surface area contributed by atoms with Crippen molar-refractivity contribution in [1.29, 1.82) is 0 Å². The van der Waals surface area contributed by atoms with Crippen LogP contribution in [0.25, 0.3) is 0 Å². The first-order valence-electron chi connectivity index (χ1n) is 26.5. The van der Waals surface area contributed by atoms with E-state index in [-0.39, 0.29) is 43.7 Å². The van der Waals surface area contributed by atoms with Crippen LogP contribution in [0.4, 0.5) is 0 Å². The van der Waals surface area contributed by atoms with Crippen LogP contribution in [0, 0.1) is 23.7 Å². The third-order valence-corrected chi connectivity index (χ3v) is 12.9. The van der Waals surface area contributed by atoms with Crippen LogP contribution in [-0.4, -0.2) is 165 Å². The van der Waals surface area contributed by atoms with E-state index in [1.165, 1.54) is 67.2 Å². The van der Waals surface area contributed by atoms with Crippen LogP contribution >= 0.6 is 0 Å². The molecule has 0 saturated carbocycles. The number of hydrogen-bond donors (Lipinski definition) is 12. The maximum atomic E-state index is 14.3. The number of likely N-dealkylation sites (tertiary alicyclic amines) is 1. The maximum absolute atomic E-state index is 14.3. The lowest BCUT2D eigenvalue weighted by Gasteiger charge is -2.36. The molecule has 24 nitrogen and oxygen atoms in total. The minimum Gasteiger partial charge on any atom is -0.394 e. The van der Waals surface area contributed by atoms with Crippen LogP contribution in [0.2, 0.25) is 0 Å². The number of amides is 11. The van der Waals surface area contributed by atoms with Crippen molar-refractivity contribution in [2.45, 2.75) is 221 Å². The van der Waals surface area contributed by atoms with Crippen molar-refractivity contribution in [3.8, 4) is 0 Å². The normalized spacial score (nSPS) is 17.1. The van der Waals surface area contributed by atoms with E-state index in [1.54, 1.807) is 13.8 Å². The molecule has 9 unspecified atom stereocenters. The van der Waals surface area contributed by atoms with Crippen LogP contribution < -0.4 is 53.2 Å². The van der Waals surface area contributed by atoms with E-state index in [1.807, 2.05) is 41.5 Å². The van der Waals surface area contributed by atoms with E-state index in [0.717, 1.165) is 0 Å². The van der Waals surface area contributed by atoms with Gasteiger partial charge in [-0.05, 0) is 111 Å². The quantitative estimate of drug-likeness (QED) is 0.0424. The van der Waals surface area contributed by atoms with Gasteiger partial charge in [0.25, 0.3) is 0 Å². The summed E-state index contributed by atoms with van der Waals surface area (Å²) >= 11 is 0. The molecule has 1 aliphatic rings. The van der Waals surface area contributed by atoms with Gasteiger partial charge >= 0.3 is 0 Å². The average Bonchev–Trinajstić information content (AvgIpc) is 3.79. The van der Waals surface area contributed by atoms with E-state index in [0.29, 0.717) is 25.7 Å². The van der Waals surface area contributed by atoms with Crippen LogP contribution in [-0.2, 0) is 52.7 Å². The summed E-state index contributed by atoms with van der Waals surface area (Å²) in [5, 5.41) is 46.0. The van der Waals surface area contributed by atoms with Crippen molar-refractivity contribution < 1.29 is 63.0 Å². The second kappa shape index (κ2) is 30.1. The summed E-state index contributed by atoms with van der Waals surface area (Å²) in [6.07, 6.45) is 0.658. The monoisotopic (exact) mass is 1080 g/mol. The number of nitrogens with zero attached hydrogens (tertiary/aromatic N) is 1. The highest BCUT2D eigenvalue weighted by atomic mass is 16.3. The smallest absolute Gasteiger partial charge is 0.248 e. The van der Waals surface area contributed by atoms with E-state index in [2.05, 4.69) is 53.2 Å². The van der Waals surface area contributed by atoms with Crippen LogP contribution in [0.1, 0.15) is 156 Å². The van der Waals surface area contributed by atoms with E-state index in [4.69, 9.17) is 0 Å². The minimum atomic E-state index is -1.64. The first-order valence-corrected chi connectivity index (χ1v) is 26.5. The summed E-state index contributed by atoms with van der Waals surface area (Å²) in [6, 6.07) is -7.49. The van der Waals surface area contributed by atoms with Gasteiger partial charge in [-0.1, -0.05) is 61.8 Å². The van der Waals surface area contributed by atoms with Crippen molar-refractivity contribution >= 4 is 65.0 Å². The van der Waals surface area contributed by atoms with Crippen molar-refractivity contribution in [2.75, 3.05) is 19.7 Å². The van der Waals surface area contributed by atoms with E-state index < -0.39 is 142 Å². The average molecular weight is 1080 g/mol. The zero-order valence-electron chi connectivity index (χ0n) is 48.1. The van der Waals surface area contributed by atoms with Gasteiger partial charge in [0.1, 0.15) is 52.9 Å². The lowest BCUT2D eigenvalue weighted by Crippen LogP contribution is -2.64.